The number of aryl methyl sites for hydroxylation is 1. The molecule has 0 spiro atoms. The highest BCUT2D eigenvalue weighted by Gasteiger charge is 2.19. The van der Waals surface area contributed by atoms with Gasteiger partial charge in [0.05, 0.1) is 4.90 Å². The van der Waals surface area contributed by atoms with Crippen LogP contribution < -0.4 is 10.0 Å². The quantitative estimate of drug-likeness (QED) is 0.911. The molecule has 7 heteroatoms. The van der Waals surface area contributed by atoms with Crippen LogP contribution in [-0.2, 0) is 16.4 Å². The summed E-state index contributed by atoms with van der Waals surface area (Å²) in [6.45, 7) is 2.74. The third-order valence-electron chi connectivity index (χ3n) is 2.94. The molecule has 1 aliphatic rings. The van der Waals surface area contributed by atoms with Gasteiger partial charge in [0, 0.05) is 23.3 Å². The van der Waals surface area contributed by atoms with Crippen LogP contribution in [0.25, 0.3) is 0 Å². The van der Waals surface area contributed by atoms with Crippen LogP contribution in [0.4, 0.5) is 10.8 Å². The molecule has 2 N–H and O–H groups in total. The predicted molar refractivity (Wildman–Crippen MR) is 76.3 cm³/mol. The van der Waals surface area contributed by atoms with E-state index in [0.717, 1.165) is 29.1 Å². The summed E-state index contributed by atoms with van der Waals surface area (Å²) in [6.07, 6.45) is 2.58. The van der Waals surface area contributed by atoms with Gasteiger partial charge < -0.3 is 5.32 Å². The van der Waals surface area contributed by atoms with Crippen molar-refractivity contribution >= 4 is 32.2 Å². The van der Waals surface area contributed by atoms with Gasteiger partial charge in [0.25, 0.3) is 10.0 Å². The summed E-state index contributed by atoms with van der Waals surface area (Å²) in [4.78, 5) is 5.24. The molecule has 0 aliphatic carbocycles. The molecule has 0 saturated heterocycles. The molecular weight excluding hydrogens is 282 g/mol. The molecule has 0 amide bonds. The molecule has 0 radical (unpaired) electrons. The van der Waals surface area contributed by atoms with Crippen LogP contribution >= 0.6 is 11.3 Å². The molecular formula is C12H13N3O2S2. The normalized spacial score (nSPS) is 13.9. The van der Waals surface area contributed by atoms with Crippen molar-refractivity contribution in [1.82, 2.24) is 4.98 Å². The number of sulfonamides is 1. The van der Waals surface area contributed by atoms with E-state index in [4.69, 9.17) is 0 Å². The second-order valence-electron chi connectivity index (χ2n) is 4.38. The third-order valence-corrected chi connectivity index (χ3v) is 5.24. The number of fused-ring (bicyclic) bond motifs is 1. The van der Waals surface area contributed by atoms with Crippen molar-refractivity contribution in [2.75, 3.05) is 16.6 Å². The van der Waals surface area contributed by atoms with Crippen LogP contribution in [0.15, 0.2) is 29.3 Å². The summed E-state index contributed by atoms with van der Waals surface area (Å²) < 4.78 is 27.0. The fourth-order valence-electron chi connectivity index (χ4n) is 2.01. The Bertz CT molecular complexity index is 722. The second-order valence-corrected chi connectivity index (χ2v) is 7.29. The van der Waals surface area contributed by atoms with Gasteiger partial charge >= 0.3 is 0 Å². The Morgan fingerprint density at radius 3 is 3.00 bits per heavy atom. The molecule has 0 atom stereocenters. The first-order valence-electron chi connectivity index (χ1n) is 5.87. The summed E-state index contributed by atoms with van der Waals surface area (Å²) in [7, 11) is -3.56. The minimum Gasteiger partial charge on any atom is -0.384 e. The van der Waals surface area contributed by atoms with E-state index >= 15 is 0 Å². The van der Waals surface area contributed by atoms with E-state index in [1.807, 2.05) is 13.0 Å². The Kier molecular flexibility index (Phi) is 2.94. The van der Waals surface area contributed by atoms with Gasteiger partial charge in [0.2, 0.25) is 0 Å². The fraction of sp³-hybridized carbons (Fsp3) is 0.250. The van der Waals surface area contributed by atoms with E-state index in [2.05, 4.69) is 15.0 Å². The first-order valence-corrected chi connectivity index (χ1v) is 8.17. The van der Waals surface area contributed by atoms with Gasteiger partial charge in [-0.15, -0.1) is 11.3 Å². The van der Waals surface area contributed by atoms with E-state index in [1.165, 1.54) is 11.3 Å². The molecule has 1 aromatic heterocycles. The topological polar surface area (TPSA) is 71.1 Å². The predicted octanol–water partition coefficient (Wildman–Crippen LogP) is 2.22. The Balaban J connectivity index is 1.92. The lowest BCUT2D eigenvalue weighted by Crippen LogP contribution is -2.12. The van der Waals surface area contributed by atoms with Gasteiger partial charge in [-0.05, 0) is 31.0 Å². The number of hydrogen-bond acceptors (Lipinski definition) is 5. The summed E-state index contributed by atoms with van der Waals surface area (Å²) in [5, 5.41) is 3.57. The largest absolute Gasteiger partial charge is 0.384 e. The number of nitrogens with zero attached hydrogens (tertiary/aromatic N) is 1. The highest BCUT2D eigenvalue weighted by Crippen LogP contribution is 2.27. The maximum absolute atomic E-state index is 12.2. The van der Waals surface area contributed by atoms with Gasteiger partial charge in [-0.25, -0.2) is 13.4 Å². The highest BCUT2D eigenvalue weighted by atomic mass is 32.2. The van der Waals surface area contributed by atoms with Gasteiger partial charge in [0.1, 0.15) is 0 Å². The summed E-state index contributed by atoms with van der Waals surface area (Å²) in [5.74, 6) is 0. The van der Waals surface area contributed by atoms with Crippen molar-refractivity contribution in [1.29, 1.82) is 0 Å². The Morgan fingerprint density at radius 1 is 1.42 bits per heavy atom. The van der Waals surface area contributed by atoms with Crippen LogP contribution in [0.5, 0.6) is 0 Å². The van der Waals surface area contributed by atoms with Gasteiger partial charge in [-0.3, -0.25) is 4.72 Å². The van der Waals surface area contributed by atoms with E-state index in [1.54, 1.807) is 18.3 Å². The number of anilines is 2. The number of nitrogens with one attached hydrogen (secondary N) is 2. The molecule has 0 unspecified atom stereocenters. The number of thiazole rings is 1. The van der Waals surface area contributed by atoms with Crippen molar-refractivity contribution in [2.24, 2.45) is 0 Å². The Hall–Kier alpha value is -1.60. The van der Waals surface area contributed by atoms with Crippen molar-refractivity contribution in [3.63, 3.8) is 0 Å². The number of aromatic nitrogens is 1. The van der Waals surface area contributed by atoms with Crippen molar-refractivity contribution in [2.45, 2.75) is 18.2 Å². The zero-order valence-electron chi connectivity index (χ0n) is 10.3. The number of hydrogen-bond donors (Lipinski definition) is 2. The number of benzene rings is 1. The third kappa shape index (κ3) is 2.43. The van der Waals surface area contributed by atoms with Crippen LogP contribution in [0.2, 0.25) is 0 Å². The van der Waals surface area contributed by atoms with Crippen LogP contribution in [-0.4, -0.2) is 19.9 Å². The molecule has 3 rings (SSSR count). The molecule has 1 aliphatic heterocycles. The average molecular weight is 295 g/mol. The second kappa shape index (κ2) is 4.50. The van der Waals surface area contributed by atoms with Gasteiger partial charge in [0.15, 0.2) is 5.13 Å². The minimum absolute atomic E-state index is 0.258. The van der Waals surface area contributed by atoms with E-state index in [-0.39, 0.29) is 4.90 Å². The lowest BCUT2D eigenvalue weighted by molar-refractivity contribution is 0.601. The maximum Gasteiger partial charge on any atom is 0.263 e. The van der Waals surface area contributed by atoms with E-state index in [9.17, 15) is 8.42 Å². The lowest BCUT2D eigenvalue weighted by Gasteiger charge is -2.07. The molecule has 0 bridgehead atoms. The molecule has 2 heterocycles. The van der Waals surface area contributed by atoms with E-state index in [0.29, 0.717) is 5.13 Å². The maximum atomic E-state index is 12.2. The zero-order chi connectivity index (χ0) is 13.5. The fourth-order valence-corrected chi connectivity index (χ4v) is 3.95. The standard InChI is InChI=1S/C12H13N3O2S2/c1-8-7-14-12(18-8)15-19(16,17)10-3-2-9-4-5-13-11(9)6-10/h2-3,6-7,13H,4-5H2,1H3,(H,14,15). The molecule has 2 aromatic rings. The minimum atomic E-state index is -3.56. The van der Waals surface area contributed by atoms with Crippen molar-refractivity contribution in [3.8, 4) is 0 Å². The van der Waals surface area contributed by atoms with Crippen molar-refractivity contribution < 1.29 is 8.42 Å². The van der Waals surface area contributed by atoms with Gasteiger partial charge in [-0.2, -0.15) is 0 Å². The van der Waals surface area contributed by atoms with Gasteiger partial charge in [-0.1, -0.05) is 6.07 Å². The molecule has 0 saturated carbocycles. The zero-order valence-corrected chi connectivity index (χ0v) is 11.9. The SMILES string of the molecule is Cc1cnc(NS(=O)(=O)c2ccc3c(c2)NCC3)s1. The van der Waals surface area contributed by atoms with Crippen molar-refractivity contribution in [3.05, 3.63) is 34.8 Å². The van der Waals surface area contributed by atoms with E-state index < -0.39 is 10.0 Å². The summed E-state index contributed by atoms with van der Waals surface area (Å²) >= 11 is 1.32. The first-order chi connectivity index (χ1) is 9.04. The Morgan fingerprint density at radius 2 is 2.26 bits per heavy atom. The molecule has 5 nitrogen and oxygen atoms in total. The average Bonchev–Trinajstić information content (AvgIpc) is 2.96. The smallest absolute Gasteiger partial charge is 0.263 e. The molecule has 19 heavy (non-hydrogen) atoms. The molecule has 100 valence electrons. The highest BCUT2D eigenvalue weighted by molar-refractivity contribution is 7.93. The molecule has 1 aromatic carbocycles. The van der Waals surface area contributed by atoms with Crippen LogP contribution in [0, 0.1) is 6.92 Å². The lowest BCUT2D eigenvalue weighted by atomic mass is 10.2. The summed E-state index contributed by atoms with van der Waals surface area (Å²) in [6, 6.07) is 5.16. The Labute approximate surface area is 115 Å². The molecule has 0 fully saturated rings. The van der Waals surface area contributed by atoms with Crippen LogP contribution in [0.3, 0.4) is 0 Å². The first kappa shape index (κ1) is 12.4. The van der Waals surface area contributed by atoms with Crippen LogP contribution in [0.1, 0.15) is 10.4 Å². The number of rotatable bonds is 3. The monoisotopic (exact) mass is 295 g/mol. The summed E-state index contributed by atoms with van der Waals surface area (Å²) in [5.41, 5.74) is 2.06.